The van der Waals surface area contributed by atoms with E-state index in [0.717, 1.165) is 0 Å². The Hall–Kier alpha value is -2.51. The predicted octanol–water partition coefficient (Wildman–Crippen LogP) is -1.31. The molecule has 1 N–H and O–H groups in total. The van der Waals surface area contributed by atoms with Crippen LogP contribution in [-0.4, -0.2) is 17.0 Å². The van der Waals surface area contributed by atoms with E-state index in [1.807, 2.05) is 6.07 Å². The number of nitrogens with zero attached hydrogens (tertiary/aromatic N) is 3. The number of hydrogen-bond acceptors (Lipinski definition) is 4. The number of carbonyl (C=O) groups is 1. The van der Waals surface area contributed by atoms with Gasteiger partial charge in [-0.05, 0) is 6.07 Å². The zero-order valence-electron chi connectivity index (χ0n) is 11.7. The number of hydrazone groups is 1. The number of rotatable bonds is 5. The molecule has 7 nitrogen and oxygen atoms in total. The van der Waals surface area contributed by atoms with Gasteiger partial charge in [0.15, 0.2) is 12.4 Å². The monoisotopic (exact) mass is 354 g/mol. The molecule has 0 unspecified atom stereocenters. The molecule has 120 valence electrons. The van der Waals surface area contributed by atoms with Gasteiger partial charge in [0.25, 0.3) is 5.69 Å². The maximum Gasteiger partial charge on any atom is 0.305 e. The summed E-state index contributed by atoms with van der Waals surface area (Å²) in [5.41, 5.74) is 2.59. The lowest BCUT2D eigenvalue weighted by Gasteiger charge is -1.99. The molecule has 0 aliphatic rings. The van der Waals surface area contributed by atoms with Gasteiger partial charge in [0.1, 0.15) is 0 Å². The molecule has 1 amide bonds. The number of aromatic nitrogens is 1. The molecule has 0 spiro atoms. The number of benzene rings is 1. The lowest BCUT2D eigenvalue weighted by molar-refractivity contribution is -0.684. The summed E-state index contributed by atoms with van der Waals surface area (Å²) < 4.78 is 1.69. The van der Waals surface area contributed by atoms with Gasteiger partial charge in [0, 0.05) is 34.9 Å². The number of pyridine rings is 1. The Morgan fingerprint density at radius 2 is 2.04 bits per heavy atom. The number of nitrogens with one attached hydrogen (secondary N) is 1. The maximum absolute atomic E-state index is 11.7. The van der Waals surface area contributed by atoms with Crippen LogP contribution >= 0.6 is 11.6 Å². The Balaban J connectivity index is 0.00000264. The fourth-order valence-electron chi connectivity index (χ4n) is 1.66. The molecular weight excluding hydrogens is 343 g/mol. The van der Waals surface area contributed by atoms with Crippen molar-refractivity contribution >= 4 is 29.4 Å². The number of nitro groups is 1. The largest absolute Gasteiger partial charge is 1.00 e. The van der Waals surface area contributed by atoms with Crippen molar-refractivity contribution in [2.75, 3.05) is 0 Å². The Morgan fingerprint density at radius 1 is 1.35 bits per heavy atom. The summed E-state index contributed by atoms with van der Waals surface area (Å²) in [6.07, 6.45) is 4.77. The molecule has 23 heavy (non-hydrogen) atoms. The molecule has 1 aromatic heterocycles. The molecule has 9 heteroatoms. The van der Waals surface area contributed by atoms with Crippen LogP contribution in [0.15, 0.2) is 53.9 Å². The molecule has 0 aliphatic heterocycles. The third-order valence-corrected chi connectivity index (χ3v) is 3.03. The highest BCUT2D eigenvalue weighted by Gasteiger charge is 2.09. The number of halogens is 2. The molecule has 0 saturated carbocycles. The molecule has 0 saturated heterocycles. The number of nitro benzene ring substituents is 1. The molecule has 1 heterocycles. The second-order valence-corrected chi connectivity index (χ2v) is 4.71. The Morgan fingerprint density at radius 3 is 2.70 bits per heavy atom. The van der Waals surface area contributed by atoms with Crippen LogP contribution in [0.1, 0.15) is 5.56 Å². The molecule has 0 radical (unpaired) electrons. The van der Waals surface area contributed by atoms with E-state index in [1.165, 1.54) is 24.4 Å². The van der Waals surface area contributed by atoms with Crippen molar-refractivity contribution < 1.29 is 26.7 Å². The van der Waals surface area contributed by atoms with Crippen LogP contribution in [0.4, 0.5) is 5.69 Å². The zero-order chi connectivity index (χ0) is 15.9. The molecular formula is C14H12Cl2N4O3. The van der Waals surface area contributed by atoms with E-state index in [1.54, 1.807) is 29.1 Å². The highest BCUT2D eigenvalue weighted by Crippen LogP contribution is 2.20. The lowest BCUT2D eigenvalue weighted by atomic mass is 10.2. The molecule has 0 atom stereocenters. The fourth-order valence-corrected chi connectivity index (χ4v) is 1.82. The van der Waals surface area contributed by atoms with Crippen molar-refractivity contribution in [2.24, 2.45) is 5.10 Å². The van der Waals surface area contributed by atoms with Crippen LogP contribution in [-0.2, 0) is 11.3 Å². The summed E-state index contributed by atoms with van der Waals surface area (Å²) in [4.78, 5) is 21.8. The van der Waals surface area contributed by atoms with Gasteiger partial charge in [0.05, 0.1) is 11.1 Å². The average molecular weight is 355 g/mol. The SMILES string of the molecule is O=C(C[n+]1ccccc1)N/N=C/c1cc([N+](=O)[O-])ccc1Cl.[Cl-]. The molecule has 2 rings (SSSR count). The number of non-ortho nitro benzene ring substituents is 1. The van der Waals surface area contributed by atoms with Crippen molar-refractivity contribution in [1.82, 2.24) is 5.43 Å². The van der Waals surface area contributed by atoms with E-state index >= 15 is 0 Å². The zero-order valence-corrected chi connectivity index (χ0v) is 13.2. The molecule has 2 aromatic rings. The Kier molecular flexibility index (Phi) is 7.11. The van der Waals surface area contributed by atoms with Gasteiger partial charge in [-0.1, -0.05) is 17.7 Å². The standard InChI is InChI=1S/C14H11ClN4O3.ClH/c15-13-5-4-12(19(21)22)8-11(13)9-16-17-14(20)10-18-6-2-1-3-7-18;/h1-9H,10H2;1H/b16-9+;. The summed E-state index contributed by atoms with van der Waals surface area (Å²) in [6.45, 7) is 0.112. The van der Waals surface area contributed by atoms with Gasteiger partial charge in [-0.2, -0.15) is 9.67 Å². The number of carbonyl (C=O) groups excluding carboxylic acids is 1. The van der Waals surface area contributed by atoms with Gasteiger partial charge >= 0.3 is 5.91 Å². The van der Waals surface area contributed by atoms with Crippen LogP contribution in [0.5, 0.6) is 0 Å². The van der Waals surface area contributed by atoms with Crippen molar-refractivity contribution in [3.05, 3.63) is 69.5 Å². The van der Waals surface area contributed by atoms with Crippen LogP contribution < -0.4 is 22.4 Å². The second kappa shape index (κ2) is 8.82. The lowest BCUT2D eigenvalue weighted by Crippen LogP contribution is -3.00. The van der Waals surface area contributed by atoms with Crippen molar-refractivity contribution in [2.45, 2.75) is 6.54 Å². The first kappa shape index (κ1) is 18.5. The highest BCUT2D eigenvalue weighted by molar-refractivity contribution is 6.33. The molecule has 0 aliphatic carbocycles. The van der Waals surface area contributed by atoms with Gasteiger partial charge in [-0.25, -0.2) is 5.43 Å². The summed E-state index contributed by atoms with van der Waals surface area (Å²) in [6, 6.07) is 9.44. The minimum Gasteiger partial charge on any atom is -1.00 e. The average Bonchev–Trinajstić information content (AvgIpc) is 2.50. The summed E-state index contributed by atoms with van der Waals surface area (Å²) >= 11 is 5.92. The quantitative estimate of drug-likeness (QED) is 0.313. The topological polar surface area (TPSA) is 88.5 Å². The molecule has 1 aromatic carbocycles. The first-order valence-corrected chi connectivity index (χ1v) is 6.64. The Bertz CT molecular complexity index is 723. The first-order valence-electron chi connectivity index (χ1n) is 6.26. The van der Waals surface area contributed by atoms with E-state index in [-0.39, 0.29) is 30.5 Å². The smallest absolute Gasteiger partial charge is 0.305 e. The maximum atomic E-state index is 11.7. The molecule has 0 fully saturated rings. The van der Waals surface area contributed by atoms with E-state index < -0.39 is 4.92 Å². The Labute approximate surface area is 143 Å². The third kappa shape index (κ3) is 5.65. The van der Waals surface area contributed by atoms with E-state index in [9.17, 15) is 14.9 Å². The van der Waals surface area contributed by atoms with Crippen molar-refractivity contribution in [1.29, 1.82) is 0 Å². The normalized spacial score (nSPS) is 10.1. The predicted molar refractivity (Wildman–Crippen MR) is 80.5 cm³/mol. The van der Waals surface area contributed by atoms with Gasteiger partial charge in [-0.3, -0.25) is 14.9 Å². The third-order valence-electron chi connectivity index (χ3n) is 2.69. The number of amides is 1. The highest BCUT2D eigenvalue weighted by atomic mass is 35.5. The van der Waals surface area contributed by atoms with Gasteiger partial charge in [-0.15, -0.1) is 0 Å². The van der Waals surface area contributed by atoms with E-state index in [4.69, 9.17) is 11.6 Å². The van der Waals surface area contributed by atoms with Crippen LogP contribution in [0.3, 0.4) is 0 Å². The van der Waals surface area contributed by atoms with E-state index in [2.05, 4.69) is 10.5 Å². The van der Waals surface area contributed by atoms with Crippen molar-refractivity contribution in [3.63, 3.8) is 0 Å². The minimum atomic E-state index is -0.529. The summed E-state index contributed by atoms with van der Waals surface area (Å²) in [5.74, 6) is -0.325. The fraction of sp³-hybridized carbons (Fsp3) is 0.0714. The summed E-state index contributed by atoms with van der Waals surface area (Å²) in [7, 11) is 0. The van der Waals surface area contributed by atoms with Crippen LogP contribution in [0.25, 0.3) is 0 Å². The number of hydrogen-bond donors (Lipinski definition) is 1. The van der Waals surface area contributed by atoms with Gasteiger partial charge in [0.2, 0.25) is 6.54 Å². The van der Waals surface area contributed by atoms with Crippen molar-refractivity contribution in [3.8, 4) is 0 Å². The van der Waals surface area contributed by atoms with Gasteiger partial charge < -0.3 is 12.4 Å². The second-order valence-electron chi connectivity index (χ2n) is 4.30. The first-order chi connectivity index (χ1) is 10.6. The van der Waals surface area contributed by atoms with E-state index in [0.29, 0.717) is 10.6 Å². The summed E-state index contributed by atoms with van der Waals surface area (Å²) in [5, 5.41) is 14.8. The van der Waals surface area contributed by atoms with Crippen LogP contribution in [0, 0.1) is 10.1 Å². The van der Waals surface area contributed by atoms with Crippen LogP contribution in [0.2, 0.25) is 5.02 Å². The minimum absolute atomic E-state index is 0. The molecule has 0 bridgehead atoms.